The van der Waals surface area contributed by atoms with Gasteiger partial charge in [-0.15, -0.1) is 0 Å². The monoisotopic (exact) mass is 208 g/mol. The summed E-state index contributed by atoms with van der Waals surface area (Å²) in [5.74, 6) is -0.215. The van der Waals surface area contributed by atoms with Gasteiger partial charge in [-0.25, -0.2) is 4.39 Å². The Labute approximate surface area is 87.7 Å². The van der Waals surface area contributed by atoms with Gasteiger partial charge in [-0.05, 0) is 6.07 Å². The van der Waals surface area contributed by atoms with E-state index >= 15 is 0 Å². The number of carbonyl (C=O) groups excluding carboxylic acids is 1. The third-order valence-corrected chi connectivity index (χ3v) is 2.53. The molecule has 3 nitrogen and oxygen atoms in total. The second-order valence-electron chi connectivity index (χ2n) is 3.58. The summed E-state index contributed by atoms with van der Waals surface area (Å²) in [6.45, 7) is 1.03. The summed E-state index contributed by atoms with van der Waals surface area (Å²) in [5, 5.41) is 5.90. The van der Waals surface area contributed by atoms with Gasteiger partial charge in [0, 0.05) is 25.1 Å². The summed E-state index contributed by atoms with van der Waals surface area (Å²) in [7, 11) is 0. The Hall–Kier alpha value is -1.42. The molecule has 2 rings (SSSR count). The number of carbonyl (C=O) groups is 1. The van der Waals surface area contributed by atoms with Crippen LogP contribution in [0.2, 0.25) is 0 Å². The molecule has 1 aliphatic heterocycles. The first kappa shape index (κ1) is 10.1. The number of nitrogens with one attached hydrogen (secondary N) is 2. The minimum atomic E-state index is -0.230. The number of halogens is 1. The van der Waals surface area contributed by atoms with Gasteiger partial charge in [-0.3, -0.25) is 4.79 Å². The van der Waals surface area contributed by atoms with Gasteiger partial charge in [0.05, 0.1) is 6.04 Å². The minimum Gasteiger partial charge on any atom is -0.354 e. The molecule has 1 aliphatic rings. The molecule has 2 N–H and O–H groups in total. The van der Waals surface area contributed by atoms with Gasteiger partial charge in [0.1, 0.15) is 5.82 Å². The summed E-state index contributed by atoms with van der Waals surface area (Å²) < 4.78 is 13.5. The van der Waals surface area contributed by atoms with Gasteiger partial charge in [0.25, 0.3) is 0 Å². The van der Waals surface area contributed by atoms with E-state index in [1.807, 2.05) is 0 Å². The first-order chi connectivity index (χ1) is 7.27. The van der Waals surface area contributed by atoms with Crippen LogP contribution in [0.3, 0.4) is 0 Å². The molecule has 1 fully saturated rings. The van der Waals surface area contributed by atoms with Gasteiger partial charge in [0.15, 0.2) is 0 Å². The third kappa shape index (κ3) is 2.33. The van der Waals surface area contributed by atoms with Gasteiger partial charge in [0.2, 0.25) is 5.91 Å². The van der Waals surface area contributed by atoms with Crippen LogP contribution in [0.4, 0.5) is 4.39 Å². The van der Waals surface area contributed by atoms with Crippen molar-refractivity contribution in [1.82, 2.24) is 10.6 Å². The maximum atomic E-state index is 13.5. The molecule has 0 bridgehead atoms. The molecule has 1 amide bonds. The Morgan fingerprint density at radius 3 is 2.93 bits per heavy atom. The first-order valence-corrected chi connectivity index (χ1v) is 5.02. The van der Waals surface area contributed by atoms with E-state index < -0.39 is 0 Å². The molecule has 15 heavy (non-hydrogen) atoms. The van der Waals surface area contributed by atoms with Crippen molar-refractivity contribution >= 4 is 5.91 Å². The standard InChI is InChI=1S/C11H13FN2O/c12-9-4-2-1-3-8(9)10-7-14-11(15)5-6-13-10/h1-4,10,13H,5-7H2,(H,14,15). The van der Waals surface area contributed by atoms with Crippen LogP contribution in [0, 0.1) is 5.82 Å². The maximum absolute atomic E-state index is 13.5. The molecule has 0 radical (unpaired) electrons. The lowest BCUT2D eigenvalue weighted by Crippen LogP contribution is -2.29. The van der Waals surface area contributed by atoms with E-state index in [0.717, 1.165) is 0 Å². The van der Waals surface area contributed by atoms with Crippen LogP contribution in [0.15, 0.2) is 24.3 Å². The topological polar surface area (TPSA) is 41.1 Å². The molecular weight excluding hydrogens is 195 g/mol. The van der Waals surface area contributed by atoms with E-state index in [0.29, 0.717) is 25.1 Å². The van der Waals surface area contributed by atoms with E-state index in [9.17, 15) is 9.18 Å². The highest BCUT2D eigenvalue weighted by Crippen LogP contribution is 2.17. The van der Waals surface area contributed by atoms with Crippen molar-refractivity contribution in [3.63, 3.8) is 0 Å². The summed E-state index contributed by atoms with van der Waals surface area (Å²) in [5.41, 5.74) is 0.611. The maximum Gasteiger partial charge on any atom is 0.221 e. The Bertz CT molecular complexity index is 367. The average molecular weight is 208 g/mol. The van der Waals surface area contributed by atoms with Crippen LogP contribution in [-0.2, 0) is 4.79 Å². The largest absolute Gasteiger partial charge is 0.354 e. The normalized spacial score (nSPS) is 21.9. The number of amides is 1. The molecule has 1 aromatic rings. The molecule has 0 aliphatic carbocycles. The molecule has 4 heteroatoms. The van der Waals surface area contributed by atoms with Crippen molar-refractivity contribution in [1.29, 1.82) is 0 Å². The fourth-order valence-electron chi connectivity index (χ4n) is 1.71. The Morgan fingerprint density at radius 1 is 1.33 bits per heavy atom. The van der Waals surface area contributed by atoms with Crippen molar-refractivity contribution in [3.8, 4) is 0 Å². The highest BCUT2D eigenvalue weighted by Gasteiger charge is 2.18. The molecule has 1 atom stereocenters. The molecule has 0 aromatic heterocycles. The number of benzene rings is 1. The zero-order chi connectivity index (χ0) is 10.7. The molecular formula is C11H13FN2O. The second kappa shape index (κ2) is 4.40. The highest BCUT2D eigenvalue weighted by molar-refractivity contribution is 5.76. The van der Waals surface area contributed by atoms with Crippen LogP contribution in [0.25, 0.3) is 0 Å². The highest BCUT2D eigenvalue weighted by atomic mass is 19.1. The van der Waals surface area contributed by atoms with Crippen LogP contribution in [0.5, 0.6) is 0 Å². The van der Waals surface area contributed by atoms with E-state index in [4.69, 9.17) is 0 Å². The predicted molar refractivity (Wildman–Crippen MR) is 54.8 cm³/mol. The predicted octanol–water partition coefficient (Wildman–Crippen LogP) is 0.976. The number of rotatable bonds is 1. The third-order valence-electron chi connectivity index (χ3n) is 2.53. The molecule has 1 unspecified atom stereocenters. The molecule has 1 aromatic carbocycles. The van der Waals surface area contributed by atoms with Gasteiger partial charge in [-0.1, -0.05) is 18.2 Å². The molecule has 1 heterocycles. The van der Waals surface area contributed by atoms with Crippen LogP contribution >= 0.6 is 0 Å². The quantitative estimate of drug-likeness (QED) is 0.722. The lowest BCUT2D eigenvalue weighted by Gasteiger charge is -2.16. The van der Waals surface area contributed by atoms with Crippen molar-refractivity contribution in [3.05, 3.63) is 35.6 Å². The Balaban J connectivity index is 2.16. The average Bonchev–Trinajstić information content (AvgIpc) is 2.44. The van der Waals surface area contributed by atoms with Crippen LogP contribution < -0.4 is 10.6 Å². The van der Waals surface area contributed by atoms with Gasteiger partial charge >= 0.3 is 0 Å². The lowest BCUT2D eigenvalue weighted by atomic mass is 10.1. The Kier molecular flexibility index (Phi) is 2.97. The fraction of sp³-hybridized carbons (Fsp3) is 0.364. The van der Waals surface area contributed by atoms with Crippen LogP contribution in [0.1, 0.15) is 18.0 Å². The van der Waals surface area contributed by atoms with Gasteiger partial charge in [-0.2, -0.15) is 0 Å². The van der Waals surface area contributed by atoms with E-state index in [1.165, 1.54) is 6.07 Å². The van der Waals surface area contributed by atoms with Crippen molar-refractivity contribution in [2.75, 3.05) is 13.1 Å². The minimum absolute atomic E-state index is 0.0151. The molecule has 0 saturated carbocycles. The zero-order valence-corrected chi connectivity index (χ0v) is 8.29. The number of hydrogen-bond acceptors (Lipinski definition) is 2. The first-order valence-electron chi connectivity index (χ1n) is 5.02. The summed E-state index contributed by atoms with van der Waals surface area (Å²) in [6.07, 6.45) is 0.449. The lowest BCUT2D eigenvalue weighted by molar-refractivity contribution is -0.120. The van der Waals surface area contributed by atoms with E-state index in [1.54, 1.807) is 18.2 Å². The van der Waals surface area contributed by atoms with E-state index in [2.05, 4.69) is 10.6 Å². The van der Waals surface area contributed by atoms with Crippen molar-refractivity contribution < 1.29 is 9.18 Å². The summed E-state index contributed by atoms with van der Waals surface area (Å²) >= 11 is 0. The second-order valence-corrected chi connectivity index (χ2v) is 3.58. The summed E-state index contributed by atoms with van der Waals surface area (Å²) in [6, 6.07) is 6.51. The zero-order valence-electron chi connectivity index (χ0n) is 8.29. The SMILES string of the molecule is O=C1CCNC(c2ccccc2F)CN1. The van der Waals surface area contributed by atoms with Gasteiger partial charge < -0.3 is 10.6 Å². The van der Waals surface area contributed by atoms with Crippen molar-refractivity contribution in [2.24, 2.45) is 0 Å². The molecule has 0 spiro atoms. The smallest absolute Gasteiger partial charge is 0.221 e. The van der Waals surface area contributed by atoms with Crippen LogP contribution in [-0.4, -0.2) is 19.0 Å². The number of hydrogen-bond donors (Lipinski definition) is 2. The molecule has 80 valence electrons. The summed E-state index contributed by atoms with van der Waals surface area (Å²) in [4.78, 5) is 11.1. The van der Waals surface area contributed by atoms with Crippen molar-refractivity contribution in [2.45, 2.75) is 12.5 Å². The molecule has 1 saturated heterocycles. The van der Waals surface area contributed by atoms with E-state index in [-0.39, 0.29) is 17.8 Å². The Morgan fingerprint density at radius 2 is 2.13 bits per heavy atom. The fourth-order valence-corrected chi connectivity index (χ4v) is 1.71.